The van der Waals surface area contributed by atoms with Crippen molar-refractivity contribution in [3.63, 3.8) is 0 Å². The molecule has 4 heteroatoms. The van der Waals surface area contributed by atoms with Crippen LogP contribution in [-0.4, -0.2) is 31.1 Å². The van der Waals surface area contributed by atoms with E-state index in [4.69, 9.17) is 14.6 Å². The Kier molecular flexibility index (Phi) is 14.3. The van der Waals surface area contributed by atoms with Crippen LogP contribution in [0, 0.1) is 0 Å². The first-order valence-corrected chi connectivity index (χ1v) is 8.03. The molecule has 0 aliphatic rings. The molecule has 0 fully saturated rings. The van der Waals surface area contributed by atoms with Crippen LogP contribution in [0.3, 0.4) is 0 Å². The summed E-state index contributed by atoms with van der Waals surface area (Å²) in [5.41, 5.74) is 0. The van der Waals surface area contributed by atoms with Crippen molar-refractivity contribution in [2.75, 3.05) is 13.9 Å². The van der Waals surface area contributed by atoms with Gasteiger partial charge in [-0.05, 0) is 6.42 Å². The molecule has 0 bridgehead atoms. The van der Waals surface area contributed by atoms with Crippen LogP contribution in [0.25, 0.3) is 0 Å². The number of hydrogen-bond acceptors (Lipinski definition) is 3. The summed E-state index contributed by atoms with van der Waals surface area (Å²) in [6, 6.07) is 0. The predicted molar refractivity (Wildman–Crippen MR) is 80.8 cm³/mol. The highest BCUT2D eigenvalue weighted by atomic mass is 16.7. The molecule has 20 heavy (non-hydrogen) atoms. The van der Waals surface area contributed by atoms with Gasteiger partial charge >= 0.3 is 5.97 Å². The van der Waals surface area contributed by atoms with Crippen LogP contribution >= 0.6 is 0 Å². The van der Waals surface area contributed by atoms with E-state index in [1.54, 1.807) is 7.11 Å². The molecule has 0 aliphatic heterocycles. The van der Waals surface area contributed by atoms with Crippen molar-refractivity contribution >= 4 is 5.97 Å². The SMILES string of the molecule is CCCCCCCCCCCC(CC(=O)O)OCOC. The Morgan fingerprint density at radius 3 is 2.05 bits per heavy atom. The molecule has 4 nitrogen and oxygen atoms in total. The summed E-state index contributed by atoms with van der Waals surface area (Å²) in [4.78, 5) is 10.7. The molecule has 0 heterocycles. The maximum Gasteiger partial charge on any atom is 0.305 e. The maximum atomic E-state index is 10.7. The molecule has 0 aliphatic carbocycles. The van der Waals surface area contributed by atoms with E-state index in [0.29, 0.717) is 0 Å². The van der Waals surface area contributed by atoms with E-state index in [2.05, 4.69) is 6.92 Å². The fraction of sp³-hybridized carbons (Fsp3) is 0.938. The predicted octanol–water partition coefficient (Wildman–Crippen LogP) is 4.37. The maximum absolute atomic E-state index is 10.7. The highest BCUT2D eigenvalue weighted by molar-refractivity contribution is 5.67. The summed E-state index contributed by atoms with van der Waals surface area (Å²) < 4.78 is 10.2. The lowest BCUT2D eigenvalue weighted by Gasteiger charge is -2.15. The average molecular weight is 288 g/mol. The van der Waals surface area contributed by atoms with Gasteiger partial charge in [0.25, 0.3) is 0 Å². The summed E-state index contributed by atoms with van der Waals surface area (Å²) in [5, 5.41) is 8.81. The van der Waals surface area contributed by atoms with E-state index < -0.39 is 5.97 Å². The van der Waals surface area contributed by atoms with Gasteiger partial charge in [-0.2, -0.15) is 0 Å². The van der Waals surface area contributed by atoms with Gasteiger partial charge in [0, 0.05) is 7.11 Å². The number of rotatable bonds is 15. The quantitative estimate of drug-likeness (QED) is 0.359. The highest BCUT2D eigenvalue weighted by Gasteiger charge is 2.13. The van der Waals surface area contributed by atoms with E-state index in [-0.39, 0.29) is 19.3 Å². The third kappa shape index (κ3) is 13.8. The number of ether oxygens (including phenoxy) is 2. The Bertz CT molecular complexity index is 219. The monoisotopic (exact) mass is 288 g/mol. The number of carboxylic acid groups (broad SMARTS) is 1. The molecule has 0 spiro atoms. The van der Waals surface area contributed by atoms with Gasteiger partial charge in [-0.25, -0.2) is 0 Å². The van der Waals surface area contributed by atoms with Crippen molar-refractivity contribution in [2.24, 2.45) is 0 Å². The van der Waals surface area contributed by atoms with Crippen molar-refractivity contribution in [3.8, 4) is 0 Å². The Hall–Kier alpha value is -0.610. The Morgan fingerprint density at radius 2 is 1.55 bits per heavy atom. The first-order chi connectivity index (χ1) is 9.70. The molecular formula is C16H32O4. The van der Waals surface area contributed by atoms with Crippen LogP contribution in [-0.2, 0) is 14.3 Å². The third-order valence-electron chi connectivity index (χ3n) is 3.45. The van der Waals surface area contributed by atoms with Gasteiger partial charge in [-0.1, -0.05) is 64.7 Å². The lowest BCUT2D eigenvalue weighted by atomic mass is 10.0. The number of unbranched alkanes of at least 4 members (excludes halogenated alkanes) is 8. The zero-order valence-corrected chi connectivity index (χ0v) is 13.2. The summed E-state index contributed by atoms with van der Waals surface area (Å²) in [6.45, 7) is 2.41. The van der Waals surface area contributed by atoms with E-state index >= 15 is 0 Å². The molecule has 1 N–H and O–H groups in total. The van der Waals surface area contributed by atoms with Crippen LogP contribution < -0.4 is 0 Å². The minimum absolute atomic E-state index is 0.0698. The van der Waals surface area contributed by atoms with Gasteiger partial charge in [0.05, 0.1) is 12.5 Å². The van der Waals surface area contributed by atoms with Crippen molar-refractivity contribution in [3.05, 3.63) is 0 Å². The summed E-state index contributed by atoms with van der Waals surface area (Å²) in [6.07, 6.45) is 12.1. The lowest BCUT2D eigenvalue weighted by molar-refractivity contribution is -0.143. The number of methoxy groups -OCH3 is 1. The van der Waals surface area contributed by atoms with Crippen LogP contribution in [0.15, 0.2) is 0 Å². The van der Waals surface area contributed by atoms with E-state index in [0.717, 1.165) is 12.8 Å². The van der Waals surface area contributed by atoms with Crippen molar-refractivity contribution in [2.45, 2.75) is 83.7 Å². The first kappa shape index (κ1) is 19.4. The Labute approximate surface area is 123 Å². The Balaban J connectivity index is 3.45. The van der Waals surface area contributed by atoms with Crippen molar-refractivity contribution < 1.29 is 19.4 Å². The molecule has 120 valence electrons. The fourth-order valence-electron chi connectivity index (χ4n) is 2.29. The molecule has 0 amide bonds. The smallest absolute Gasteiger partial charge is 0.305 e. The molecular weight excluding hydrogens is 256 g/mol. The standard InChI is InChI=1S/C16H32O4/c1-3-4-5-6-7-8-9-10-11-12-15(13-16(17)18)20-14-19-2/h15H,3-14H2,1-2H3,(H,17,18). The van der Waals surface area contributed by atoms with Gasteiger partial charge in [-0.3, -0.25) is 4.79 Å². The molecule has 0 rings (SSSR count). The minimum atomic E-state index is -0.804. The normalized spacial score (nSPS) is 12.5. The topological polar surface area (TPSA) is 55.8 Å². The zero-order valence-electron chi connectivity index (χ0n) is 13.2. The molecule has 0 saturated heterocycles. The molecule has 0 saturated carbocycles. The number of hydrogen-bond donors (Lipinski definition) is 1. The summed E-state index contributed by atoms with van der Waals surface area (Å²) >= 11 is 0. The molecule has 0 radical (unpaired) electrons. The number of aliphatic carboxylic acids is 1. The van der Waals surface area contributed by atoms with Crippen LogP contribution in [0.4, 0.5) is 0 Å². The van der Waals surface area contributed by atoms with Crippen molar-refractivity contribution in [1.82, 2.24) is 0 Å². The molecule has 1 unspecified atom stereocenters. The second-order valence-corrected chi connectivity index (χ2v) is 5.41. The van der Waals surface area contributed by atoms with Crippen LogP contribution in [0.2, 0.25) is 0 Å². The van der Waals surface area contributed by atoms with Crippen LogP contribution in [0.5, 0.6) is 0 Å². The second kappa shape index (κ2) is 14.8. The van der Waals surface area contributed by atoms with Crippen LogP contribution in [0.1, 0.15) is 77.6 Å². The summed E-state index contributed by atoms with van der Waals surface area (Å²) in [7, 11) is 1.55. The van der Waals surface area contributed by atoms with Gasteiger partial charge in [0.15, 0.2) is 0 Å². The second-order valence-electron chi connectivity index (χ2n) is 5.41. The highest BCUT2D eigenvalue weighted by Crippen LogP contribution is 2.14. The lowest BCUT2D eigenvalue weighted by Crippen LogP contribution is -2.18. The van der Waals surface area contributed by atoms with E-state index in [9.17, 15) is 4.79 Å². The Morgan fingerprint density at radius 1 is 1.00 bits per heavy atom. The van der Waals surface area contributed by atoms with Gasteiger partial charge in [-0.15, -0.1) is 0 Å². The van der Waals surface area contributed by atoms with Gasteiger partial charge in [0.1, 0.15) is 6.79 Å². The first-order valence-electron chi connectivity index (χ1n) is 8.03. The zero-order chi connectivity index (χ0) is 15.1. The summed E-state index contributed by atoms with van der Waals surface area (Å²) in [5.74, 6) is -0.804. The largest absolute Gasteiger partial charge is 0.481 e. The molecule has 1 atom stereocenters. The van der Waals surface area contributed by atoms with E-state index in [1.807, 2.05) is 0 Å². The fourth-order valence-corrected chi connectivity index (χ4v) is 2.29. The molecule has 0 aromatic heterocycles. The van der Waals surface area contributed by atoms with Crippen molar-refractivity contribution in [1.29, 1.82) is 0 Å². The van der Waals surface area contributed by atoms with Gasteiger partial charge < -0.3 is 14.6 Å². The van der Waals surface area contributed by atoms with Gasteiger partial charge in [0.2, 0.25) is 0 Å². The number of carboxylic acids is 1. The van der Waals surface area contributed by atoms with E-state index in [1.165, 1.54) is 51.4 Å². The third-order valence-corrected chi connectivity index (χ3v) is 3.45. The molecule has 0 aromatic rings. The minimum Gasteiger partial charge on any atom is -0.481 e. The average Bonchev–Trinajstić information content (AvgIpc) is 2.42. The molecule has 0 aromatic carbocycles. The number of carbonyl (C=O) groups is 1.